The molecule has 2 aliphatic rings. The highest BCUT2D eigenvalue weighted by atomic mass is 16.5. The Bertz CT molecular complexity index is 633. The molecule has 3 rings (SSSR count). The Balaban J connectivity index is 1.57. The largest absolute Gasteiger partial charge is 0.377 e. The zero-order valence-corrected chi connectivity index (χ0v) is 16.5. The maximum atomic E-state index is 13.1. The van der Waals surface area contributed by atoms with Crippen LogP contribution in [0.2, 0.25) is 0 Å². The molecule has 1 aliphatic carbocycles. The predicted molar refractivity (Wildman–Crippen MR) is 104 cm³/mol. The zero-order chi connectivity index (χ0) is 18.9. The number of nitrogens with two attached hydrogens (primary N) is 1. The molecule has 0 spiro atoms. The number of benzene rings is 1. The molecule has 1 amide bonds. The lowest BCUT2D eigenvalue weighted by Gasteiger charge is -2.65. The minimum Gasteiger partial charge on any atom is -0.377 e. The van der Waals surface area contributed by atoms with Crippen LogP contribution in [0.4, 0.5) is 0 Å². The van der Waals surface area contributed by atoms with Gasteiger partial charge < -0.3 is 20.7 Å². The van der Waals surface area contributed by atoms with E-state index in [9.17, 15) is 4.79 Å². The van der Waals surface area contributed by atoms with Crippen molar-refractivity contribution in [3.05, 3.63) is 35.9 Å². The Hall–Kier alpha value is -1.43. The number of amides is 1. The number of hydrogen-bond donors (Lipinski definition) is 2. The van der Waals surface area contributed by atoms with Gasteiger partial charge in [-0.1, -0.05) is 44.2 Å². The smallest absolute Gasteiger partial charge is 0.241 e. The summed E-state index contributed by atoms with van der Waals surface area (Å²) in [5.74, 6) is 0.0929. The highest BCUT2D eigenvalue weighted by Gasteiger charge is 2.70. The van der Waals surface area contributed by atoms with Gasteiger partial charge in [0.25, 0.3) is 0 Å². The number of rotatable bonds is 6. The van der Waals surface area contributed by atoms with E-state index in [-0.39, 0.29) is 29.4 Å². The standard InChI is InChI=1S/C21H33N3O2/c1-15(13-24(4)14-16-9-6-5-7-10-16)23-19(25)21(22)17-11-8-12-26-18(17)20(21,2)3/h5-7,9-10,15,17-18H,8,11-14,22H2,1-4H3,(H,23,25). The van der Waals surface area contributed by atoms with Crippen LogP contribution in [0.15, 0.2) is 30.3 Å². The van der Waals surface area contributed by atoms with Crippen LogP contribution in [0.25, 0.3) is 0 Å². The molecule has 1 heterocycles. The number of carbonyl (C=O) groups excluding carboxylic acids is 1. The number of ether oxygens (including phenoxy) is 1. The van der Waals surface area contributed by atoms with Crippen LogP contribution < -0.4 is 11.1 Å². The molecule has 144 valence electrons. The second-order valence-corrected chi connectivity index (χ2v) is 8.69. The Kier molecular flexibility index (Phi) is 5.42. The average molecular weight is 360 g/mol. The first-order chi connectivity index (χ1) is 12.3. The molecule has 1 aromatic rings. The summed E-state index contributed by atoms with van der Waals surface area (Å²) in [6.45, 7) is 8.59. The molecule has 5 nitrogen and oxygen atoms in total. The van der Waals surface area contributed by atoms with Crippen molar-refractivity contribution in [3.63, 3.8) is 0 Å². The molecular weight excluding hydrogens is 326 g/mol. The molecule has 5 heteroatoms. The summed E-state index contributed by atoms with van der Waals surface area (Å²) in [7, 11) is 2.08. The molecule has 0 bridgehead atoms. The van der Waals surface area contributed by atoms with Crippen LogP contribution >= 0.6 is 0 Å². The third kappa shape index (κ3) is 3.28. The third-order valence-corrected chi connectivity index (χ3v) is 6.32. The van der Waals surface area contributed by atoms with E-state index in [4.69, 9.17) is 10.5 Å². The minimum atomic E-state index is -0.843. The summed E-state index contributed by atoms with van der Waals surface area (Å²) in [6, 6.07) is 10.4. The van der Waals surface area contributed by atoms with Crippen molar-refractivity contribution in [2.45, 2.75) is 57.8 Å². The van der Waals surface area contributed by atoms with Gasteiger partial charge in [-0.2, -0.15) is 0 Å². The van der Waals surface area contributed by atoms with Crippen LogP contribution in [-0.2, 0) is 16.1 Å². The lowest BCUT2D eigenvalue weighted by molar-refractivity contribution is -0.225. The van der Waals surface area contributed by atoms with E-state index >= 15 is 0 Å². The molecule has 0 aromatic heterocycles. The third-order valence-electron chi connectivity index (χ3n) is 6.32. The van der Waals surface area contributed by atoms with E-state index in [1.165, 1.54) is 5.56 Å². The van der Waals surface area contributed by atoms with Crippen molar-refractivity contribution in [2.75, 3.05) is 20.2 Å². The number of nitrogens with one attached hydrogen (secondary N) is 1. The summed E-state index contributed by atoms with van der Waals surface area (Å²) in [6.07, 6.45) is 2.06. The zero-order valence-electron chi connectivity index (χ0n) is 16.5. The van der Waals surface area contributed by atoms with Crippen molar-refractivity contribution < 1.29 is 9.53 Å². The second-order valence-electron chi connectivity index (χ2n) is 8.69. The summed E-state index contributed by atoms with van der Waals surface area (Å²) >= 11 is 0. The van der Waals surface area contributed by atoms with E-state index < -0.39 is 5.54 Å². The maximum absolute atomic E-state index is 13.1. The number of fused-ring (bicyclic) bond motifs is 1. The monoisotopic (exact) mass is 359 g/mol. The van der Waals surface area contributed by atoms with Gasteiger partial charge in [-0.05, 0) is 32.4 Å². The van der Waals surface area contributed by atoms with Crippen molar-refractivity contribution in [3.8, 4) is 0 Å². The molecular formula is C21H33N3O2. The normalized spacial score (nSPS) is 31.0. The fraction of sp³-hybridized carbons (Fsp3) is 0.667. The predicted octanol–water partition coefficient (Wildman–Crippen LogP) is 2.16. The van der Waals surface area contributed by atoms with Crippen molar-refractivity contribution in [2.24, 2.45) is 17.1 Å². The molecule has 0 radical (unpaired) electrons. The van der Waals surface area contributed by atoms with Gasteiger partial charge in [0.05, 0.1) is 6.10 Å². The van der Waals surface area contributed by atoms with Gasteiger partial charge in [-0.3, -0.25) is 4.79 Å². The fourth-order valence-electron chi connectivity index (χ4n) is 4.85. The van der Waals surface area contributed by atoms with E-state index in [1.54, 1.807) is 0 Å². The van der Waals surface area contributed by atoms with Gasteiger partial charge in [0, 0.05) is 37.1 Å². The minimum absolute atomic E-state index is 0.0325. The van der Waals surface area contributed by atoms with Crippen LogP contribution in [0.5, 0.6) is 0 Å². The topological polar surface area (TPSA) is 67.6 Å². The first-order valence-electron chi connectivity index (χ1n) is 9.70. The Morgan fingerprint density at radius 1 is 1.38 bits per heavy atom. The number of carbonyl (C=O) groups is 1. The fourth-order valence-corrected chi connectivity index (χ4v) is 4.85. The van der Waals surface area contributed by atoms with Crippen LogP contribution in [-0.4, -0.2) is 48.7 Å². The Morgan fingerprint density at radius 3 is 2.77 bits per heavy atom. The van der Waals surface area contributed by atoms with Gasteiger partial charge >= 0.3 is 0 Å². The van der Waals surface area contributed by atoms with Crippen molar-refractivity contribution in [1.82, 2.24) is 10.2 Å². The SMILES string of the molecule is CC(CN(C)Cc1ccccc1)NC(=O)C1(N)C2CCCOC2C1(C)C. The van der Waals surface area contributed by atoms with E-state index in [2.05, 4.69) is 43.2 Å². The average Bonchev–Trinajstić information content (AvgIpc) is 2.61. The number of nitrogens with zero attached hydrogens (tertiary/aromatic N) is 1. The molecule has 1 aliphatic heterocycles. The summed E-state index contributed by atoms with van der Waals surface area (Å²) < 4.78 is 5.91. The lowest BCUT2D eigenvalue weighted by Crippen LogP contribution is -2.82. The van der Waals surface area contributed by atoms with Gasteiger partial charge in [0.1, 0.15) is 5.54 Å². The quantitative estimate of drug-likeness (QED) is 0.817. The van der Waals surface area contributed by atoms with Gasteiger partial charge in [-0.25, -0.2) is 0 Å². The van der Waals surface area contributed by atoms with E-state index in [0.29, 0.717) is 0 Å². The van der Waals surface area contributed by atoms with Crippen molar-refractivity contribution in [1.29, 1.82) is 0 Å². The summed E-state index contributed by atoms with van der Waals surface area (Å²) in [5.41, 5.74) is 6.77. The van der Waals surface area contributed by atoms with Gasteiger partial charge in [0.2, 0.25) is 5.91 Å². The molecule has 4 unspecified atom stereocenters. The van der Waals surface area contributed by atoms with E-state index in [0.717, 1.165) is 32.5 Å². The van der Waals surface area contributed by atoms with Crippen LogP contribution in [0.3, 0.4) is 0 Å². The lowest BCUT2D eigenvalue weighted by atomic mass is 9.46. The highest BCUT2D eigenvalue weighted by Crippen LogP contribution is 2.57. The second kappa shape index (κ2) is 7.29. The van der Waals surface area contributed by atoms with Gasteiger partial charge in [0.15, 0.2) is 0 Å². The van der Waals surface area contributed by atoms with E-state index in [1.807, 2.05) is 25.1 Å². The number of likely N-dealkylation sites (N-methyl/N-ethyl adjacent to an activating group) is 1. The highest BCUT2D eigenvalue weighted by molar-refractivity contribution is 5.89. The molecule has 3 N–H and O–H groups in total. The van der Waals surface area contributed by atoms with Gasteiger partial charge in [-0.15, -0.1) is 0 Å². The molecule has 1 saturated heterocycles. The molecule has 2 fully saturated rings. The summed E-state index contributed by atoms with van der Waals surface area (Å²) in [5, 5.41) is 3.17. The van der Waals surface area contributed by atoms with Crippen LogP contribution in [0.1, 0.15) is 39.2 Å². The Labute approximate surface area is 157 Å². The van der Waals surface area contributed by atoms with Crippen molar-refractivity contribution >= 4 is 5.91 Å². The molecule has 26 heavy (non-hydrogen) atoms. The van der Waals surface area contributed by atoms with Crippen LogP contribution in [0, 0.1) is 11.3 Å². The Morgan fingerprint density at radius 2 is 2.08 bits per heavy atom. The first kappa shape index (κ1) is 19.3. The molecule has 1 saturated carbocycles. The number of hydrogen-bond acceptors (Lipinski definition) is 4. The maximum Gasteiger partial charge on any atom is 0.241 e. The first-order valence-corrected chi connectivity index (χ1v) is 9.70. The summed E-state index contributed by atoms with van der Waals surface area (Å²) in [4.78, 5) is 15.3. The molecule has 4 atom stereocenters. The molecule has 1 aromatic carbocycles.